The van der Waals surface area contributed by atoms with Crippen molar-refractivity contribution in [3.63, 3.8) is 0 Å². The van der Waals surface area contributed by atoms with E-state index in [9.17, 15) is 14.4 Å². The van der Waals surface area contributed by atoms with E-state index in [4.69, 9.17) is 12.2 Å². The van der Waals surface area contributed by atoms with Crippen molar-refractivity contribution >= 4 is 68.0 Å². The van der Waals surface area contributed by atoms with Gasteiger partial charge in [0.2, 0.25) is 5.91 Å². The number of thiocarbonyl (C=S) groups is 1. The number of thioether (sulfide) groups is 1. The summed E-state index contributed by atoms with van der Waals surface area (Å²) in [5, 5.41) is 0. The van der Waals surface area contributed by atoms with Crippen molar-refractivity contribution in [1.29, 1.82) is 0 Å². The summed E-state index contributed by atoms with van der Waals surface area (Å²) in [5.41, 5.74) is 7.08. The van der Waals surface area contributed by atoms with Crippen molar-refractivity contribution in [3.05, 3.63) is 74.6 Å². The number of hydrogen-bond acceptors (Lipinski definition) is 5. The highest BCUT2D eigenvalue weighted by molar-refractivity contribution is 9.10. The number of hydrazine groups is 1. The first kappa shape index (κ1) is 22.2. The molecule has 2 N–H and O–H groups in total. The first-order chi connectivity index (χ1) is 14.3. The van der Waals surface area contributed by atoms with Crippen LogP contribution in [-0.2, 0) is 9.59 Å². The van der Waals surface area contributed by atoms with Crippen LogP contribution in [0.3, 0.4) is 0 Å². The Balaban J connectivity index is 1.52. The van der Waals surface area contributed by atoms with Crippen LogP contribution in [0.5, 0.6) is 0 Å². The molecule has 1 saturated heterocycles. The minimum absolute atomic E-state index is 0.00475. The number of amides is 3. The average Bonchev–Trinajstić information content (AvgIpc) is 2.97. The summed E-state index contributed by atoms with van der Waals surface area (Å²) < 4.78 is 1.31. The summed E-state index contributed by atoms with van der Waals surface area (Å²) in [6, 6.07) is 14.5. The lowest BCUT2D eigenvalue weighted by molar-refractivity contribution is -0.124. The van der Waals surface area contributed by atoms with E-state index >= 15 is 0 Å². The molecule has 0 unspecified atom stereocenters. The number of nitrogens with one attached hydrogen (secondary N) is 2. The van der Waals surface area contributed by atoms with Crippen molar-refractivity contribution in [2.45, 2.75) is 13.3 Å². The zero-order valence-corrected chi connectivity index (χ0v) is 19.2. The van der Waals surface area contributed by atoms with E-state index in [2.05, 4.69) is 26.8 Å². The minimum atomic E-state index is -0.416. The molecule has 30 heavy (non-hydrogen) atoms. The molecule has 0 aliphatic carbocycles. The summed E-state index contributed by atoms with van der Waals surface area (Å²) in [6.45, 7) is 2.05. The number of benzene rings is 2. The van der Waals surface area contributed by atoms with Crippen molar-refractivity contribution in [1.82, 2.24) is 15.8 Å². The lowest BCUT2D eigenvalue weighted by Gasteiger charge is -2.14. The molecule has 1 aliphatic rings. The van der Waals surface area contributed by atoms with Gasteiger partial charge in [0.05, 0.1) is 4.91 Å². The normalized spacial score (nSPS) is 14.9. The first-order valence-electron chi connectivity index (χ1n) is 9.00. The zero-order chi connectivity index (χ0) is 21.7. The molecule has 0 radical (unpaired) electrons. The number of halogens is 1. The van der Waals surface area contributed by atoms with E-state index in [1.165, 1.54) is 16.7 Å². The Kier molecular flexibility index (Phi) is 7.41. The number of aryl methyl sites for hydroxylation is 1. The van der Waals surface area contributed by atoms with Crippen LogP contribution in [0, 0.1) is 6.92 Å². The summed E-state index contributed by atoms with van der Waals surface area (Å²) in [6.07, 6.45) is 1.77. The van der Waals surface area contributed by atoms with Crippen molar-refractivity contribution < 1.29 is 14.4 Å². The highest BCUT2D eigenvalue weighted by Gasteiger charge is 2.32. The van der Waals surface area contributed by atoms with Crippen LogP contribution in [0.25, 0.3) is 6.08 Å². The quantitative estimate of drug-likeness (QED) is 0.368. The van der Waals surface area contributed by atoms with Crippen LogP contribution >= 0.6 is 39.9 Å². The minimum Gasteiger partial charge on any atom is -0.292 e. The number of carbonyl (C=O) groups is 3. The molecule has 1 fully saturated rings. The van der Waals surface area contributed by atoms with Crippen LogP contribution in [0.4, 0.5) is 0 Å². The Morgan fingerprint density at radius 2 is 1.90 bits per heavy atom. The molecule has 3 rings (SSSR count). The maximum Gasteiger partial charge on any atom is 0.269 e. The topological polar surface area (TPSA) is 78.5 Å². The fourth-order valence-electron chi connectivity index (χ4n) is 2.62. The Morgan fingerprint density at radius 3 is 2.60 bits per heavy atom. The van der Waals surface area contributed by atoms with Gasteiger partial charge in [0, 0.05) is 23.0 Å². The second-order valence-corrected chi connectivity index (χ2v) is 9.10. The standard InChI is InChI=1S/C21H18BrN3O3S2/c1-13-5-7-15(8-6-13)19(27)24-23-18(26)9-10-25-20(28)17(30-21(25)29)12-14-3-2-4-16(22)11-14/h2-8,11-12H,9-10H2,1H3,(H,23,26)(H,24,27)/b17-12-. The molecule has 2 aromatic rings. The molecular formula is C21H18BrN3O3S2. The van der Waals surface area contributed by atoms with Gasteiger partial charge in [-0.15, -0.1) is 0 Å². The van der Waals surface area contributed by atoms with Crippen LogP contribution in [0.15, 0.2) is 57.9 Å². The van der Waals surface area contributed by atoms with E-state index in [0.29, 0.717) is 14.8 Å². The number of hydrogen-bond donors (Lipinski definition) is 2. The highest BCUT2D eigenvalue weighted by atomic mass is 79.9. The van der Waals surface area contributed by atoms with Crippen molar-refractivity contribution in [2.75, 3.05) is 6.54 Å². The van der Waals surface area contributed by atoms with Gasteiger partial charge in [0.25, 0.3) is 11.8 Å². The van der Waals surface area contributed by atoms with E-state index in [-0.39, 0.29) is 18.9 Å². The Bertz CT molecular complexity index is 1040. The van der Waals surface area contributed by atoms with E-state index in [1.807, 2.05) is 43.3 Å². The van der Waals surface area contributed by atoms with E-state index in [1.54, 1.807) is 18.2 Å². The molecule has 154 valence electrons. The maximum absolute atomic E-state index is 12.6. The number of rotatable bonds is 5. The molecule has 2 aromatic carbocycles. The van der Waals surface area contributed by atoms with Gasteiger partial charge in [0.1, 0.15) is 4.32 Å². The molecule has 9 heteroatoms. The molecular weight excluding hydrogens is 486 g/mol. The predicted octanol–water partition coefficient (Wildman–Crippen LogP) is 3.81. The average molecular weight is 504 g/mol. The molecule has 0 aromatic heterocycles. The van der Waals surface area contributed by atoms with Crippen LogP contribution in [0.2, 0.25) is 0 Å². The van der Waals surface area contributed by atoms with Crippen LogP contribution in [-0.4, -0.2) is 33.5 Å². The third-order valence-corrected chi connectivity index (χ3v) is 6.08. The lowest BCUT2D eigenvalue weighted by atomic mass is 10.1. The lowest BCUT2D eigenvalue weighted by Crippen LogP contribution is -2.43. The molecule has 0 atom stereocenters. The van der Waals surface area contributed by atoms with Crippen molar-refractivity contribution in [3.8, 4) is 0 Å². The largest absolute Gasteiger partial charge is 0.292 e. The summed E-state index contributed by atoms with van der Waals surface area (Å²) in [5.74, 6) is -1.06. The summed E-state index contributed by atoms with van der Waals surface area (Å²) >= 11 is 9.89. The van der Waals surface area contributed by atoms with Crippen molar-refractivity contribution in [2.24, 2.45) is 0 Å². The van der Waals surface area contributed by atoms with Gasteiger partial charge in [-0.25, -0.2) is 0 Å². The highest BCUT2D eigenvalue weighted by Crippen LogP contribution is 2.32. The third-order valence-electron chi connectivity index (χ3n) is 4.21. The van der Waals surface area contributed by atoms with Gasteiger partial charge in [0.15, 0.2) is 0 Å². The maximum atomic E-state index is 12.6. The van der Waals surface area contributed by atoms with Gasteiger partial charge in [-0.2, -0.15) is 0 Å². The second kappa shape index (κ2) is 10.0. The first-order valence-corrected chi connectivity index (χ1v) is 11.0. The predicted molar refractivity (Wildman–Crippen MR) is 125 cm³/mol. The molecule has 3 amide bonds. The molecule has 0 bridgehead atoms. The fraction of sp³-hybridized carbons (Fsp3) is 0.143. The summed E-state index contributed by atoms with van der Waals surface area (Å²) in [7, 11) is 0. The van der Waals surface area contributed by atoms with Crippen LogP contribution in [0.1, 0.15) is 27.9 Å². The molecule has 0 saturated carbocycles. The van der Waals surface area contributed by atoms with E-state index < -0.39 is 11.8 Å². The fourth-order valence-corrected chi connectivity index (χ4v) is 4.35. The Hall–Kier alpha value is -2.49. The van der Waals surface area contributed by atoms with Gasteiger partial charge in [-0.1, -0.05) is 69.7 Å². The zero-order valence-electron chi connectivity index (χ0n) is 16.0. The second-order valence-electron chi connectivity index (χ2n) is 6.51. The van der Waals surface area contributed by atoms with Gasteiger partial charge in [-0.05, 0) is 42.8 Å². The molecule has 1 aliphatic heterocycles. The SMILES string of the molecule is Cc1ccc(C(=O)NNC(=O)CCN2C(=O)/C(=C/c3cccc(Br)c3)SC2=S)cc1. The number of nitrogens with zero attached hydrogens (tertiary/aromatic N) is 1. The van der Waals surface area contributed by atoms with Gasteiger partial charge < -0.3 is 0 Å². The number of carbonyl (C=O) groups excluding carboxylic acids is 3. The Morgan fingerprint density at radius 1 is 1.17 bits per heavy atom. The molecule has 1 heterocycles. The molecule has 6 nitrogen and oxygen atoms in total. The van der Waals surface area contributed by atoms with Crippen LogP contribution < -0.4 is 10.9 Å². The third kappa shape index (κ3) is 5.78. The van der Waals surface area contributed by atoms with Gasteiger partial charge >= 0.3 is 0 Å². The van der Waals surface area contributed by atoms with E-state index in [0.717, 1.165) is 15.6 Å². The smallest absolute Gasteiger partial charge is 0.269 e. The summed E-state index contributed by atoms with van der Waals surface area (Å²) in [4.78, 5) is 38.7. The monoisotopic (exact) mass is 503 g/mol. The Labute approximate surface area is 192 Å². The van der Waals surface area contributed by atoms with Gasteiger partial charge in [-0.3, -0.25) is 30.1 Å². The molecule has 0 spiro atoms.